The van der Waals surface area contributed by atoms with Crippen molar-refractivity contribution in [3.8, 4) is 0 Å². The quantitative estimate of drug-likeness (QED) is 0.800. The van der Waals surface area contributed by atoms with Crippen LogP contribution in [0.1, 0.15) is 43.7 Å². The standard InChI is InChI=1S/C15H17Cl2NO/c1-3-14(12-7-6-11(16)9-13(12)17)18-10(2)15-5-4-8-19-15/h4-10,14,18H,3H2,1-2H3/t10-,14?/m0/s1. The van der Waals surface area contributed by atoms with Crippen LogP contribution < -0.4 is 5.32 Å². The SMILES string of the molecule is CCC(N[C@@H](C)c1ccco1)c1ccc(Cl)cc1Cl. The Bertz CT molecular complexity index is 525. The number of halogens is 2. The summed E-state index contributed by atoms with van der Waals surface area (Å²) in [6, 6.07) is 9.78. The van der Waals surface area contributed by atoms with Crippen molar-refractivity contribution in [2.45, 2.75) is 32.4 Å². The highest BCUT2D eigenvalue weighted by molar-refractivity contribution is 6.35. The molecule has 0 spiro atoms. The molecule has 1 unspecified atom stereocenters. The summed E-state index contributed by atoms with van der Waals surface area (Å²) in [6.45, 7) is 4.20. The number of benzene rings is 1. The summed E-state index contributed by atoms with van der Waals surface area (Å²) in [7, 11) is 0. The molecule has 1 aromatic heterocycles. The Morgan fingerprint density at radius 3 is 2.63 bits per heavy atom. The van der Waals surface area contributed by atoms with E-state index in [0.717, 1.165) is 17.7 Å². The third-order valence-corrected chi connectivity index (χ3v) is 3.73. The average Bonchev–Trinajstić information content (AvgIpc) is 2.90. The van der Waals surface area contributed by atoms with Crippen LogP contribution in [0.3, 0.4) is 0 Å². The molecule has 0 bridgehead atoms. The summed E-state index contributed by atoms with van der Waals surface area (Å²) < 4.78 is 5.41. The zero-order valence-electron chi connectivity index (χ0n) is 11.0. The minimum absolute atomic E-state index is 0.131. The van der Waals surface area contributed by atoms with Gasteiger partial charge in [-0.1, -0.05) is 36.2 Å². The van der Waals surface area contributed by atoms with Crippen molar-refractivity contribution in [2.75, 3.05) is 0 Å². The molecule has 4 heteroatoms. The van der Waals surface area contributed by atoms with Crippen LogP contribution in [0.2, 0.25) is 10.0 Å². The maximum atomic E-state index is 6.26. The van der Waals surface area contributed by atoms with E-state index in [1.54, 1.807) is 12.3 Å². The predicted octanol–water partition coefficient (Wildman–Crippen LogP) is 5.39. The van der Waals surface area contributed by atoms with E-state index in [-0.39, 0.29) is 12.1 Å². The van der Waals surface area contributed by atoms with Gasteiger partial charge < -0.3 is 9.73 Å². The Morgan fingerprint density at radius 2 is 2.05 bits per heavy atom. The lowest BCUT2D eigenvalue weighted by Crippen LogP contribution is -2.24. The van der Waals surface area contributed by atoms with Gasteiger partial charge in [-0.15, -0.1) is 0 Å². The monoisotopic (exact) mass is 297 g/mol. The Balaban J connectivity index is 2.16. The number of hydrogen-bond donors (Lipinski definition) is 1. The average molecular weight is 298 g/mol. The molecule has 2 nitrogen and oxygen atoms in total. The lowest BCUT2D eigenvalue weighted by molar-refractivity contribution is 0.387. The molecule has 0 aliphatic heterocycles. The maximum absolute atomic E-state index is 6.26. The highest BCUT2D eigenvalue weighted by Gasteiger charge is 2.17. The second-order valence-electron chi connectivity index (χ2n) is 4.53. The van der Waals surface area contributed by atoms with Gasteiger partial charge in [-0.25, -0.2) is 0 Å². The van der Waals surface area contributed by atoms with E-state index in [1.807, 2.05) is 24.3 Å². The summed E-state index contributed by atoms with van der Waals surface area (Å²) in [5.41, 5.74) is 1.06. The van der Waals surface area contributed by atoms with Crippen molar-refractivity contribution in [1.82, 2.24) is 5.32 Å². The minimum Gasteiger partial charge on any atom is -0.468 e. The largest absolute Gasteiger partial charge is 0.468 e. The first-order valence-electron chi connectivity index (χ1n) is 6.36. The van der Waals surface area contributed by atoms with Gasteiger partial charge in [0.1, 0.15) is 5.76 Å². The van der Waals surface area contributed by atoms with Gasteiger partial charge in [-0.3, -0.25) is 0 Å². The van der Waals surface area contributed by atoms with Crippen LogP contribution in [0.4, 0.5) is 0 Å². The van der Waals surface area contributed by atoms with Gasteiger partial charge in [0.05, 0.1) is 12.3 Å². The van der Waals surface area contributed by atoms with Crippen molar-refractivity contribution >= 4 is 23.2 Å². The van der Waals surface area contributed by atoms with Crippen LogP contribution in [-0.2, 0) is 0 Å². The van der Waals surface area contributed by atoms with Gasteiger partial charge in [-0.05, 0) is 43.2 Å². The fraction of sp³-hybridized carbons (Fsp3) is 0.333. The first-order chi connectivity index (χ1) is 9.11. The lowest BCUT2D eigenvalue weighted by atomic mass is 10.0. The molecular weight excluding hydrogens is 281 g/mol. The fourth-order valence-corrected chi connectivity index (χ4v) is 2.67. The van der Waals surface area contributed by atoms with E-state index in [4.69, 9.17) is 27.6 Å². The minimum atomic E-state index is 0.131. The summed E-state index contributed by atoms with van der Waals surface area (Å²) in [6.07, 6.45) is 2.62. The summed E-state index contributed by atoms with van der Waals surface area (Å²) >= 11 is 12.2. The van der Waals surface area contributed by atoms with Gasteiger partial charge >= 0.3 is 0 Å². The molecule has 0 aliphatic carbocycles. The third kappa shape index (κ3) is 3.53. The highest BCUT2D eigenvalue weighted by Crippen LogP contribution is 2.30. The number of hydrogen-bond acceptors (Lipinski definition) is 2. The van der Waals surface area contributed by atoms with Crippen molar-refractivity contribution in [1.29, 1.82) is 0 Å². The zero-order valence-corrected chi connectivity index (χ0v) is 12.5. The summed E-state index contributed by atoms with van der Waals surface area (Å²) in [5.74, 6) is 0.920. The molecule has 0 saturated heterocycles. The second-order valence-corrected chi connectivity index (χ2v) is 5.37. The molecule has 102 valence electrons. The van der Waals surface area contributed by atoms with Gasteiger partial charge in [0.2, 0.25) is 0 Å². The van der Waals surface area contributed by atoms with E-state index in [1.165, 1.54) is 0 Å². The molecule has 0 fully saturated rings. The van der Waals surface area contributed by atoms with Crippen LogP contribution in [0.15, 0.2) is 41.0 Å². The van der Waals surface area contributed by atoms with Crippen LogP contribution in [0, 0.1) is 0 Å². The number of furan rings is 1. The molecule has 0 amide bonds. The molecule has 1 aromatic carbocycles. The van der Waals surface area contributed by atoms with Crippen LogP contribution in [-0.4, -0.2) is 0 Å². The maximum Gasteiger partial charge on any atom is 0.120 e. The number of rotatable bonds is 5. The normalized spacial score (nSPS) is 14.3. The predicted molar refractivity (Wildman–Crippen MR) is 79.8 cm³/mol. The topological polar surface area (TPSA) is 25.2 Å². The fourth-order valence-electron chi connectivity index (χ4n) is 2.13. The van der Waals surface area contributed by atoms with Crippen molar-refractivity contribution in [3.63, 3.8) is 0 Å². The molecule has 0 saturated carbocycles. The lowest BCUT2D eigenvalue weighted by Gasteiger charge is -2.22. The molecule has 1 N–H and O–H groups in total. The second kappa shape index (κ2) is 6.47. The van der Waals surface area contributed by atoms with Crippen molar-refractivity contribution < 1.29 is 4.42 Å². The smallest absolute Gasteiger partial charge is 0.120 e. The molecule has 0 aliphatic rings. The highest BCUT2D eigenvalue weighted by atomic mass is 35.5. The van der Waals surface area contributed by atoms with Gasteiger partial charge in [-0.2, -0.15) is 0 Å². The Kier molecular flexibility index (Phi) is 4.92. The van der Waals surface area contributed by atoms with E-state index >= 15 is 0 Å². The van der Waals surface area contributed by atoms with Crippen LogP contribution in [0.5, 0.6) is 0 Å². The molecule has 2 aromatic rings. The molecule has 0 radical (unpaired) electrons. The van der Waals surface area contributed by atoms with Crippen LogP contribution >= 0.6 is 23.2 Å². The molecular formula is C15H17Cl2NO. The first-order valence-corrected chi connectivity index (χ1v) is 7.11. The van der Waals surface area contributed by atoms with Gasteiger partial charge in [0.25, 0.3) is 0 Å². The molecule has 2 rings (SSSR count). The zero-order chi connectivity index (χ0) is 13.8. The Morgan fingerprint density at radius 1 is 1.26 bits per heavy atom. The number of nitrogens with one attached hydrogen (secondary N) is 1. The summed E-state index contributed by atoms with van der Waals surface area (Å²) in [4.78, 5) is 0. The van der Waals surface area contributed by atoms with E-state index in [9.17, 15) is 0 Å². The molecule has 2 atom stereocenters. The van der Waals surface area contributed by atoms with Gasteiger partial charge in [0, 0.05) is 16.1 Å². The molecule has 19 heavy (non-hydrogen) atoms. The Labute approximate surface area is 123 Å². The summed E-state index contributed by atoms with van der Waals surface area (Å²) in [5, 5.41) is 4.87. The van der Waals surface area contributed by atoms with Crippen molar-refractivity contribution in [3.05, 3.63) is 58.0 Å². The van der Waals surface area contributed by atoms with Gasteiger partial charge in [0.15, 0.2) is 0 Å². The van der Waals surface area contributed by atoms with Crippen molar-refractivity contribution in [2.24, 2.45) is 0 Å². The Hall–Kier alpha value is -0.960. The third-order valence-electron chi connectivity index (χ3n) is 3.17. The van der Waals surface area contributed by atoms with E-state index in [2.05, 4.69) is 19.2 Å². The molecule has 1 heterocycles. The van der Waals surface area contributed by atoms with E-state index < -0.39 is 0 Å². The first kappa shape index (κ1) is 14.4. The van der Waals surface area contributed by atoms with Crippen LogP contribution in [0.25, 0.3) is 0 Å². The van der Waals surface area contributed by atoms with E-state index in [0.29, 0.717) is 10.0 Å².